The van der Waals surface area contributed by atoms with Gasteiger partial charge >= 0.3 is 90.7 Å². The van der Waals surface area contributed by atoms with Gasteiger partial charge < -0.3 is 0 Å². The summed E-state index contributed by atoms with van der Waals surface area (Å²) in [4.78, 5) is 1.64. The summed E-state index contributed by atoms with van der Waals surface area (Å²) in [6, 6.07) is 0. The Labute approximate surface area is 90.2 Å². The van der Waals surface area contributed by atoms with Gasteiger partial charge in [0.15, 0.2) is 0 Å². The molecule has 0 spiro atoms. The Kier molecular flexibility index (Phi) is 5.36. The third-order valence-electron chi connectivity index (χ3n) is 0.803. The molecule has 0 N–H and O–H groups in total. The van der Waals surface area contributed by atoms with Gasteiger partial charge in [-0.1, -0.05) is 0 Å². The van der Waals surface area contributed by atoms with Crippen molar-refractivity contribution in [2.45, 2.75) is 19.6 Å². The van der Waals surface area contributed by atoms with Crippen LogP contribution in [-0.4, -0.2) is 18.6 Å². The van der Waals surface area contributed by atoms with Crippen molar-refractivity contribution in [2.24, 2.45) is 0 Å². The molecule has 0 aromatic carbocycles. The standard InChI is InChI=1S/C7H11Cl3GeSi/c1-12(2,3)7-5-4-6-11(8,9)10/h4,6H,1-3H3/b6-4+. The fraction of sp³-hybridized carbons (Fsp3) is 0.429. The van der Waals surface area contributed by atoms with Crippen LogP contribution in [0.4, 0.5) is 0 Å². The van der Waals surface area contributed by atoms with Crippen molar-refractivity contribution >= 4 is 48.6 Å². The molecule has 0 amide bonds. The van der Waals surface area contributed by atoms with Crippen LogP contribution in [0.2, 0.25) is 19.6 Å². The minimum absolute atomic E-state index is 1.27. The molecule has 0 aliphatic rings. The molecule has 0 bridgehead atoms. The first-order chi connectivity index (χ1) is 5.21. The number of allylic oxidation sites excluding steroid dienone is 1. The van der Waals surface area contributed by atoms with Crippen molar-refractivity contribution in [1.82, 2.24) is 0 Å². The summed E-state index contributed by atoms with van der Waals surface area (Å²) in [5, 5.41) is 0. The number of hydrogen-bond acceptors (Lipinski definition) is 0. The second-order valence-electron chi connectivity index (χ2n) is 3.39. The second-order valence-corrected chi connectivity index (χ2v) is 23.4. The first-order valence-electron chi connectivity index (χ1n) is 3.48. The minimum atomic E-state index is -3.05. The summed E-state index contributed by atoms with van der Waals surface area (Å²) in [7, 11) is 12.6. The van der Waals surface area contributed by atoms with E-state index in [2.05, 4.69) is 31.1 Å². The SMILES string of the molecule is C[Si](C)(C)C#C/C=[CH]/[Ge]([Cl])([Cl])[Cl]. The molecule has 0 aliphatic heterocycles. The van der Waals surface area contributed by atoms with Crippen LogP contribution in [0.15, 0.2) is 11.0 Å². The molecule has 0 saturated heterocycles. The predicted molar refractivity (Wildman–Crippen MR) is 63.6 cm³/mol. The van der Waals surface area contributed by atoms with E-state index in [0.29, 0.717) is 0 Å². The van der Waals surface area contributed by atoms with Crippen LogP contribution in [0.5, 0.6) is 0 Å². The van der Waals surface area contributed by atoms with Crippen molar-refractivity contribution in [2.75, 3.05) is 0 Å². The first-order valence-corrected chi connectivity index (χ1v) is 16.5. The van der Waals surface area contributed by atoms with E-state index in [1.54, 1.807) is 11.0 Å². The molecule has 0 aliphatic carbocycles. The van der Waals surface area contributed by atoms with Crippen LogP contribution >= 0.6 is 30.0 Å². The van der Waals surface area contributed by atoms with E-state index < -0.39 is 18.6 Å². The Morgan fingerprint density at radius 2 is 1.67 bits per heavy atom. The molecule has 0 atom stereocenters. The van der Waals surface area contributed by atoms with Gasteiger partial charge in [0.25, 0.3) is 0 Å². The van der Waals surface area contributed by atoms with Gasteiger partial charge in [0.05, 0.1) is 0 Å². The maximum atomic E-state index is 5.66. The Morgan fingerprint density at radius 3 is 2.00 bits per heavy atom. The van der Waals surface area contributed by atoms with Gasteiger partial charge in [-0.3, -0.25) is 0 Å². The molecule has 0 heterocycles. The fourth-order valence-corrected chi connectivity index (χ4v) is 2.46. The van der Waals surface area contributed by atoms with Crippen molar-refractivity contribution < 1.29 is 0 Å². The van der Waals surface area contributed by atoms with E-state index >= 15 is 0 Å². The Balaban J connectivity index is 4.13. The van der Waals surface area contributed by atoms with Crippen LogP contribution in [-0.2, 0) is 0 Å². The van der Waals surface area contributed by atoms with Crippen LogP contribution < -0.4 is 0 Å². The average molecular weight is 302 g/mol. The Bertz CT molecular complexity index is 226. The normalized spacial score (nSPS) is 12.8. The van der Waals surface area contributed by atoms with Crippen LogP contribution in [0.25, 0.3) is 0 Å². The zero-order valence-corrected chi connectivity index (χ0v) is 12.7. The Morgan fingerprint density at radius 1 is 1.17 bits per heavy atom. The third-order valence-corrected chi connectivity index (χ3v) is 4.80. The predicted octanol–water partition coefficient (Wildman–Crippen LogP) is 3.62. The molecule has 0 aromatic heterocycles. The van der Waals surface area contributed by atoms with Gasteiger partial charge in [-0.05, 0) is 0 Å². The van der Waals surface area contributed by atoms with Crippen molar-refractivity contribution in [3.63, 3.8) is 0 Å². The molecule has 0 fully saturated rings. The molecule has 0 rings (SSSR count). The van der Waals surface area contributed by atoms with Crippen molar-refractivity contribution in [3.8, 4) is 11.5 Å². The van der Waals surface area contributed by atoms with E-state index in [9.17, 15) is 0 Å². The van der Waals surface area contributed by atoms with E-state index in [1.165, 1.54) is 0 Å². The zero-order chi connectivity index (χ0) is 9.83. The summed E-state index contributed by atoms with van der Waals surface area (Å²) in [5.74, 6) is 2.91. The summed E-state index contributed by atoms with van der Waals surface area (Å²) in [6.45, 7) is 6.51. The summed E-state index contributed by atoms with van der Waals surface area (Å²) in [6.07, 6.45) is 1.67. The van der Waals surface area contributed by atoms with Crippen molar-refractivity contribution in [3.05, 3.63) is 11.0 Å². The summed E-state index contributed by atoms with van der Waals surface area (Å²) < 4.78 is 0. The van der Waals surface area contributed by atoms with Gasteiger partial charge in [-0.2, -0.15) is 0 Å². The monoisotopic (exact) mass is 302 g/mol. The van der Waals surface area contributed by atoms with Gasteiger partial charge in [0, 0.05) is 0 Å². The first kappa shape index (κ1) is 12.9. The molecule has 12 heavy (non-hydrogen) atoms. The molecule has 0 unspecified atom stereocenters. The number of halogens is 3. The van der Waals surface area contributed by atoms with Crippen LogP contribution in [0, 0.1) is 11.5 Å². The van der Waals surface area contributed by atoms with E-state index in [4.69, 9.17) is 30.0 Å². The molecular formula is C7H11Cl3GeSi. The molecule has 0 radical (unpaired) electrons. The molecule has 0 aromatic rings. The van der Waals surface area contributed by atoms with E-state index in [-0.39, 0.29) is 0 Å². The van der Waals surface area contributed by atoms with Gasteiger partial charge in [-0.25, -0.2) is 0 Å². The quantitative estimate of drug-likeness (QED) is 0.513. The number of hydrogen-bond donors (Lipinski definition) is 0. The van der Waals surface area contributed by atoms with E-state index in [1.807, 2.05) is 0 Å². The fourth-order valence-electron chi connectivity index (χ4n) is 0.394. The molecule has 68 valence electrons. The van der Waals surface area contributed by atoms with Gasteiger partial charge in [-0.15, -0.1) is 0 Å². The maximum absolute atomic E-state index is 5.66. The van der Waals surface area contributed by atoms with Gasteiger partial charge in [0.1, 0.15) is 0 Å². The number of rotatable bonds is 1. The van der Waals surface area contributed by atoms with Crippen LogP contribution in [0.3, 0.4) is 0 Å². The third kappa shape index (κ3) is 10.9. The molecule has 5 heteroatoms. The summed E-state index contributed by atoms with van der Waals surface area (Å²) >= 11 is 0. The summed E-state index contributed by atoms with van der Waals surface area (Å²) in [5.41, 5.74) is 3.15. The Hall–Kier alpha value is 0.930. The molecule has 0 saturated carbocycles. The molecular weight excluding hydrogens is 291 g/mol. The topological polar surface area (TPSA) is 0 Å². The average Bonchev–Trinajstić information content (AvgIpc) is 1.76. The van der Waals surface area contributed by atoms with E-state index in [0.717, 1.165) is 0 Å². The van der Waals surface area contributed by atoms with Gasteiger partial charge in [0.2, 0.25) is 0 Å². The van der Waals surface area contributed by atoms with Crippen molar-refractivity contribution in [1.29, 1.82) is 0 Å². The molecule has 0 nitrogen and oxygen atoms in total. The van der Waals surface area contributed by atoms with Crippen LogP contribution in [0.1, 0.15) is 0 Å². The zero-order valence-electron chi connectivity index (χ0n) is 7.29. The second kappa shape index (κ2) is 4.97.